The maximum atomic E-state index is 13.7. The van der Waals surface area contributed by atoms with Gasteiger partial charge < -0.3 is 13.9 Å². The van der Waals surface area contributed by atoms with E-state index in [2.05, 4.69) is 75.4 Å². The lowest BCUT2D eigenvalue weighted by Crippen LogP contribution is -2.51. The van der Waals surface area contributed by atoms with Crippen LogP contribution in [-0.4, -0.2) is 33.9 Å². The van der Waals surface area contributed by atoms with Crippen molar-refractivity contribution in [3.05, 3.63) is 29.8 Å². The zero-order chi connectivity index (χ0) is 25.6. The van der Waals surface area contributed by atoms with Gasteiger partial charge in [0.05, 0.1) is 26.4 Å². The fourth-order valence-corrected chi connectivity index (χ4v) is 5.37. The smallest absolute Gasteiger partial charge is 0.192 e. The fourth-order valence-electron chi connectivity index (χ4n) is 3.90. The second kappa shape index (κ2) is 12.0. The molecular formula is C28H50O4Si. The molecule has 0 aliphatic rings. The van der Waals surface area contributed by atoms with Crippen LogP contribution < -0.4 is 4.74 Å². The van der Waals surface area contributed by atoms with E-state index in [4.69, 9.17) is 13.9 Å². The van der Waals surface area contributed by atoms with Gasteiger partial charge in [-0.05, 0) is 41.7 Å². The van der Waals surface area contributed by atoms with Gasteiger partial charge in [-0.3, -0.25) is 4.79 Å². The standard InChI is InChI=1S/C28H50O4Si/c1-13-21(3)28(8,9)26(29)22(4)25(32-33(11,12)27(5,6)7)20(2)18-31-19-23-14-16-24(30-10)17-15-23/h14-17,20-22,25H,13,18-19H2,1-12H3/t20-,21-,22+,25-/m0/s1. The van der Waals surface area contributed by atoms with E-state index in [1.54, 1.807) is 7.11 Å². The van der Waals surface area contributed by atoms with Crippen LogP contribution >= 0.6 is 0 Å². The molecule has 1 aromatic carbocycles. The van der Waals surface area contributed by atoms with Crippen molar-refractivity contribution >= 4 is 14.1 Å². The van der Waals surface area contributed by atoms with Gasteiger partial charge in [-0.25, -0.2) is 0 Å². The van der Waals surface area contributed by atoms with Crippen LogP contribution in [0.4, 0.5) is 0 Å². The van der Waals surface area contributed by atoms with Gasteiger partial charge in [0.25, 0.3) is 0 Å². The summed E-state index contributed by atoms with van der Waals surface area (Å²) in [4.78, 5) is 13.7. The maximum absolute atomic E-state index is 13.7. The Balaban J connectivity index is 3.03. The van der Waals surface area contributed by atoms with E-state index in [1.165, 1.54) is 0 Å². The fraction of sp³-hybridized carbons (Fsp3) is 0.750. The number of carbonyl (C=O) groups is 1. The van der Waals surface area contributed by atoms with E-state index in [1.807, 2.05) is 24.3 Å². The third kappa shape index (κ3) is 7.93. The maximum Gasteiger partial charge on any atom is 0.192 e. The summed E-state index contributed by atoms with van der Waals surface area (Å²) in [5.74, 6) is 1.36. The van der Waals surface area contributed by atoms with Gasteiger partial charge >= 0.3 is 0 Å². The molecular weight excluding hydrogens is 428 g/mol. The van der Waals surface area contributed by atoms with Gasteiger partial charge in [0.1, 0.15) is 11.5 Å². The lowest BCUT2D eigenvalue weighted by Gasteiger charge is -2.44. The third-order valence-electron chi connectivity index (χ3n) is 7.99. The Morgan fingerprint density at radius 1 is 1.00 bits per heavy atom. The van der Waals surface area contributed by atoms with Gasteiger partial charge in [-0.2, -0.15) is 0 Å². The normalized spacial score (nSPS) is 16.7. The topological polar surface area (TPSA) is 44.8 Å². The minimum Gasteiger partial charge on any atom is -0.497 e. The number of benzene rings is 1. The van der Waals surface area contributed by atoms with Crippen molar-refractivity contribution in [2.24, 2.45) is 23.2 Å². The van der Waals surface area contributed by atoms with Gasteiger partial charge in [0, 0.05) is 17.3 Å². The van der Waals surface area contributed by atoms with Crippen LogP contribution in [0.2, 0.25) is 18.1 Å². The van der Waals surface area contributed by atoms with Crippen LogP contribution in [-0.2, 0) is 20.6 Å². The van der Waals surface area contributed by atoms with E-state index in [0.717, 1.165) is 17.7 Å². The summed E-state index contributed by atoms with van der Waals surface area (Å²) in [6.45, 7) is 25.1. The number of ether oxygens (including phenoxy) is 2. The molecule has 0 unspecified atom stereocenters. The molecule has 0 saturated heterocycles. The molecule has 0 aliphatic carbocycles. The van der Waals surface area contributed by atoms with Crippen molar-refractivity contribution in [1.82, 2.24) is 0 Å². The average molecular weight is 479 g/mol. The zero-order valence-electron chi connectivity index (χ0n) is 23.4. The van der Waals surface area contributed by atoms with Crippen molar-refractivity contribution in [3.8, 4) is 5.75 Å². The molecule has 4 atom stereocenters. The molecule has 0 N–H and O–H groups in total. The predicted octanol–water partition coefficient (Wildman–Crippen LogP) is 7.52. The van der Waals surface area contributed by atoms with E-state index >= 15 is 0 Å². The van der Waals surface area contributed by atoms with Crippen molar-refractivity contribution in [3.63, 3.8) is 0 Å². The molecule has 0 aliphatic heterocycles. The molecule has 0 bridgehead atoms. The number of hydrogen-bond donors (Lipinski definition) is 0. The number of ketones is 1. The summed E-state index contributed by atoms with van der Waals surface area (Å²) in [5.41, 5.74) is 0.722. The first kappa shape index (κ1) is 29.9. The Bertz CT molecular complexity index is 733. The van der Waals surface area contributed by atoms with Crippen molar-refractivity contribution in [1.29, 1.82) is 0 Å². The average Bonchev–Trinajstić information content (AvgIpc) is 2.75. The highest BCUT2D eigenvalue weighted by Crippen LogP contribution is 2.41. The summed E-state index contributed by atoms with van der Waals surface area (Å²) in [6, 6.07) is 7.94. The van der Waals surface area contributed by atoms with Crippen LogP contribution in [0.1, 0.15) is 74.3 Å². The molecule has 190 valence electrons. The largest absolute Gasteiger partial charge is 0.497 e. The Labute approximate surface area is 204 Å². The summed E-state index contributed by atoms with van der Waals surface area (Å²) < 4.78 is 18.2. The summed E-state index contributed by atoms with van der Waals surface area (Å²) >= 11 is 0. The second-order valence-corrected chi connectivity index (χ2v) is 16.6. The summed E-state index contributed by atoms with van der Waals surface area (Å²) in [5, 5.41) is 0.0733. The van der Waals surface area contributed by atoms with E-state index in [9.17, 15) is 4.79 Å². The number of hydrogen-bond acceptors (Lipinski definition) is 4. The molecule has 5 heteroatoms. The van der Waals surface area contributed by atoms with Gasteiger partial charge in [-0.15, -0.1) is 0 Å². The van der Waals surface area contributed by atoms with Crippen LogP contribution in [0.5, 0.6) is 5.75 Å². The highest BCUT2D eigenvalue weighted by Gasteiger charge is 2.45. The quantitative estimate of drug-likeness (QED) is 0.275. The molecule has 33 heavy (non-hydrogen) atoms. The number of methoxy groups -OCH3 is 1. The molecule has 0 heterocycles. The van der Waals surface area contributed by atoms with E-state index < -0.39 is 8.32 Å². The lowest BCUT2D eigenvalue weighted by molar-refractivity contribution is -0.138. The van der Waals surface area contributed by atoms with Crippen LogP contribution in [0.15, 0.2) is 24.3 Å². The minimum atomic E-state index is -2.07. The molecule has 1 aromatic rings. The first-order chi connectivity index (χ1) is 15.1. The predicted molar refractivity (Wildman–Crippen MR) is 141 cm³/mol. The third-order valence-corrected chi connectivity index (χ3v) is 12.5. The van der Waals surface area contributed by atoms with Crippen LogP contribution in [0.25, 0.3) is 0 Å². The Kier molecular flexibility index (Phi) is 10.8. The van der Waals surface area contributed by atoms with Gasteiger partial charge in [0.15, 0.2) is 8.32 Å². The van der Waals surface area contributed by atoms with Crippen molar-refractivity contribution in [2.75, 3.05) is 13.7 Å². The van der Waals surface area contributed by atoms with E-state index in [0.29, 0.717) is 24.9 Å². The Hall–Kier alpha value is -1.17. The lowest BCUT2D eigenvalue weighted by atomic mass is 9.70. The van der Waals surface area contributed by atoms with Crippen LogP contribution in [0, 0.1) is 23.2 Å². The first-order valence-electron chi connectivity index (χ1n) is 12.5. The monoisotopic (exact) mass is 478 g/mol. The Morgan fingerprint density at radius 3 is 2.00 bits per heavy atom. The molecule has 0 fully saturated rings. The SMILES string of the molecule is CC[C@H](C)C(C)(C)C(=O)[C@H](C)[C@@H](O[Si](C)(C)C(C)(C)C)[C@@H](C)COCc1ccc(OC)cc1. The van der Waals surface area contributed by atoms with Crippen LogP contribution in [0.3, 0.4) is 0 Å². The number of carbonyl (C=O) groups excluding carboxylic acids is 1. The highest BCUT2D eigenvalue weighted by atomic mass is 28.4. The highest BCUT2D eigenvalue weighted by molar-refractivity contribution is 6.74. The summed E-state index contributed by atoms with van der Waals surface area (Å²) in [6.07, 6.45) is 0.817. The van der Waals surface area contributed by atoms with Crippen molar-refractivity contribution < 1.29 is 18.7 Å². The number of Topliss-reactive ketones (excluding diaryl/α,β-unsaturated/α-hetero) is 1. The molecule has 0 aromatic heterocycles. The molecule has 0 amide bonds. The zero-order valence-corrected chi connectivity index (χ0v) is 24.4. The van der Waals surface area contributed by atoms with E-state index in [-0.39, 0.29) is 28.4 Å². The molecule has 0 spiro atoms. The van der Waals surface area contributed by atoms with Crippen molar-refractivity contribution in [2.45, 2.75) is 99.6 Å². The minimum absolute atomic E-state index is 0.0733. The molecule has 0 saturated carbocycles. The molecule has 1 rings (SSSR count). The van der Waals surface area contributed by atoms with Gasteiger partial charge in [-0.1, -0.05) is 80.9 Å². The summed E-state index contributed by atoms with van der Waals surface area (Å²) in [7, 11) is -0.402. The first-order valence-corrected chi connectivity index (χ1v) is 15.4. The van der Waals surface area contributed by atoms with Gasteiger partial charge in [0.2, 0.25) is 0 Å². The molecule has 0 radical (unpaired) electrons. The Morgan fingerprint density at radius 2 is 1.55 bits per heavy atom. The number of rotatable bonds is 13. The second-order valence-electron chi connectivity index (χ2n) is 11.9. The molecule has 4 nitrogen and oxygen atoms in total.